The van der Waals surface area contributed by atoms with Crippen LogP contribution in [0.1, 0.15) is 6.42 Å². The normalized spacial score (nSPS) is 17.0. The number of allylic oxidation sites excluding steroid dienone is 1. The van der Waals surface area contributed by atoms with E-state index in [-0.39, 0.29) is 5.71 Å². The second-order valence-corrected chi connectivity index (χ2v) is 2.41. The van der Waals surface area contributed by atoms with Gasteiger partial charge in [-0.3, -0.25) is 0 Å². The zero-order valence-corrected chi connectivity index (χ0v) is 6.05. The quantitative estimate of drug-likeness (QED) is 0.630. The van der Waals surface area contributed by atoms with Gasteiger partial charge in [-0.05, 0) is 22.0 Å². The van der Waals surface area contributed by atoms with E-state index in [4.69, 9.17) is 5.11 Å². The number of carboxylic acids is 1. The van der Waals surface area contributed by atoms with Crippen LogP contribution >= 0.6 is 15.9 Å². The van der Waals surface area contributed by atoms with Crippen LogP contribution in [0.25, 0.3) is 0 Å². The van der Waals surface area contributed by atoms with E-state index in [0.717, 1.165) is 0 Å². The largest absolute Gasteiger partial charge is 0.477 e. The van der Waals surface area contributed by atoms with Gasteiger partial charge in [0.15, 0.2) is 0 Å². The molecule has 0 atom stereocenters. The smallest absolute Gasteiger partial charge is 0.350 e. The van der Waals surface area contributed by atoms with E-state index in [2.05, 4.69) is 20.9 Å². The highest BCUT2D eigenvalue weighted by Crippen LogP contribution is 2.15. The minimum absolute atomic E-state index is 0.196. The van der Waals surface area contributed by atoms with Crippen LogP contribution in [-0.2, 0) is 4.79 Å². The van der Waals surface area contributed by atoms with Crippen LogP contribution in [0.4, 0.5) is 0 Å². The fraction of sp³-hybridized carbons (Fsp3) is 0.200. The van der Waals surface area contributed by atoms with E-state index in [9.17, 15) is 4.79 Å². The fourth-order valence-electron chi connectivity index (χ4n) is 0.536. The number of hydrogen-bond donors (Lipinski definition) is 1. The molecule has 0 aromatic heterocycles. The van der Waals surface area contributed by atoms with Gasteiger partial charge in [0.2, 0.25) is 0 Å². The summed E-state index contributed by atoms with van der Waals surface area (Å²) in [5.41, 5.74) is 0.196. The van der Waals surface area contributed by atoms with Gasteiger partial charge in [-0.1, -0.05) is 0 Å². The number of aliphatic imine (C=N–C) groups is 1. The summed E-state index contributed by atoms with van der Waals surface area (Å²) in [6.07, 6.45) is 2.14. The van der Waals surface area contributed by atoms with Crippen LogP contribution in [0.5, 0.6) is 0 Å². The Hall–Kier alpha value is -0.640. The number of carboxylic acid groups (broad SMARTS) is 1. The molecule has 9 heavy (non-hydrogen) atoms. The molecule has 1 aliphatic rings. The first-order chi connectivity index (χ1) is 4.20. The number of carbonyl (C=O) groups is 1. The Labute approximate surface area is 60.2 Å². The second-order valence-electron chi connectivity index (χ2n) is 1.59. The van der Waals surface area contributed by atoms with E-state index in [1.807, 2.05) is 0 Å². The maximum Gasteiger partial charge on any atom is 0.350 e. The molecule has 0 aliphatic carbocycles. The van der Waals surface area contributed by atoms with Gasteiger partial charge >= 0.3 is 5.97 Å². The molecule has 0 amide bonds. The molecule has 48 valence electrons. The molecule has 0 unspecified atom stereocenters. The molecule has 1 aliphatic heterocycles. The fourth-order valence-corrected chi connectivity index (χ4v) is 0.912. The van der Waals surface area contributed by atoms with E-state index >= 15 is 0 Å². The molecule has 0 saturated carbocycles. The Morgan fingerprint density at radius 1 is 1.89 bits per heavy atom. The summed E-state index contributed by atoms with van der Waals surface area (Å²) >= 11 is 3.06. The first-order valence-electron chi connectivity index (χ1n) is 2.36. The standard InChI is InChI=1S/C5H4BrNO2/c6-4-2-1-3(7-4)5(8)9/h2H,1H2,(H,8,9). The van der Waals surface area contributed by atoms with Gasteiger partial charge in [0.05, 0.1) is 0 Å². The SMILES string of the molecule is O=C(O)C1=NC(Br)=CC1. The van der Waals surface area contributed by atoms with Crippen molar-refractivity contribution < 1.29 is 9.90 Å². The number of halogens is 1. The zero-order chi connectivity index (χ0) is 6.85. The van der Waals surface area contributed by atoms with Crippen LogP contribution in [0.15, 0.2) is 15.7 Å². The van der Waals surface area contributed by atoms with Gasteiger partial charge in [-0.15, -0.1) is 0 Å². The topological polar surface area (TPSA) is 49.7 Å². The Bertz CT molecular complexity index is 207. The van der Waals surface area contributed by atoms with Crippen LogP contribution < -0.4 is 0 Å². The summed E-state index contributed by atoms with van der Waals surface area (Å²) in [4.78, 5) is 13.8. The summed E-state index contributed by atoms with van der Waals surface area (Å²) in [5, 5.41) is 8.35. The Morgan fingerprint density at radius 2 is 2.56 bits per heavy atom. The maximum atomic E-state index is 10.2. The van der Waals surface area contributed by atoms with Gasteiger partial charge < -0.3 is 5.11 Å². The predicted octanol–water partition coefficient (Wildman–Crippen LogP) is 1.15. The lowest BCUT2D eigenvalue weighted by atomic mass is 10.3. The van der Waals surface area contributed by atoms with Crippen molar-refractivity contribution in [3.8, 4) is 0 Å². The highest BCUT2D eigenvalue weighted by molar-refractivity contribution is 9.11. The average molecular weight is 190 g/mol. The van der Waals surface area contributed by atoms with Crippen LogP contribution in [0.2, 0.25) is 0 Å². The van der Waals surface area contributed by atoms with Crippen LogP contribution in [-0.4, -0.2) is 16.8 Å². The average Bonchev–Trinajstić information content (AvgIpc) is 2.14. The minimum atomic E-state index is -0.944. The van der Waals surface area contributed by atoms with Crippen molar-refractivity contribution in [3.05, 3.63) is 10.7 Å². The van der Waals surface area contributed by atoms with E-state index in [1.165, 1.54) is 0 Å². The number of rotatable bonds is 1. The molecule has 0 fully saturated rings. The van der Waals surface area contributed by atoms with Gasteiger partial charge in [0.25, 0.3) is 0 Å². The summed E-state index contributed by atoms with van der Waals surface area (Å²) in [5.74, 6) is -0.944. The number of hydrogen-bond acceptors (Lipinski definition) is 2. The molecule has 3 nitrogen and oxygen atoms in total. The third-order valence-corrected chi connectivity index (χ3v) is 1.45. The second kappa shape index (κ2) is 2.31. The zero-order valence-electron chi connectivity index (χ0n) is 4.47. The van der Waals surface area contributed by atoms with Gasteiger partial charge in [0.1, 0.15) is 10.3 Å². The van der Waals surface area contributed by atoms with Crippen LogP contribution in [0.3, 0.4) is 0 Å². The number of nitrogens with zero attached hydrogens (tertiary/aromatic N) is 1. The number of aliphatic carboxylic acids is 1. The van der Waals surface area contributed by atoms with Crippen molar-refractivity contribution in [2.45, 2.75) is 6.42 Å². The van der Waals surface area contributed by atoms with Crippen molar-refractivity contribution in [1.29, 1.82) is 0 Å². The Balaban J connectivity index is 2.71. The van der Waals surface area contributed by atoms with Crippen molar-refractivity contribution >= 4 is 27.6 Å². The highest BCUT2D eigenvalue weighted by Gasteiger charge is 2.12. The molecule has 0 radical (unpaired) electrons. The van der Waals surface area contributed by atoms with E-state index in [0.29, 0.717) is 11.0 Å². The predicted molar refractivity (Wildman–Crippen MR) is 36.7 cm³/mol. The lowest BCUT2D eigenvalue weighted by Crippen LogP contribution is -2.08. The van der Waals surface area contributed by atoms with Crippen molar-refractivity contribution in [2.24, 2.45) is 4.99 Å². The molecule has 1 N–H and O–H groups in total. The molecule has 1 rings (SSSR count). The Morgan fingerprint density at radius 3 is 2.78 bits per heavy atom. The lowest BCUT2D eigenvalue weighted by Gasteiger charge is -1.85. The minimum Gasteiger partial charge on any atom is -0.477 e. The molecule has 0 aromatic rings. The lowest BCUT2D eigenvalue weighted by molar-refractivity contribution is -0.129. The highest BCUT2D eigenvalue weighted by atomic mass is 79.9. The third-order valence-electron chi connectivity index (χ3n) is 0.952. The van der Waals surface area contributed by atoms with E-state index in [1.54, 1.807) is 6.08 Å². The summed E-state index contributed by atoms with van der Waals surface area (Å²) in [6.45, 7) is 0. The monoisotopic (exact) mass is 189 g/mol. The van der Waals surface area contributed by atoms with Crippen molar-refractivity contribution in [3.63, 3.8) is 0 Å². The van der Waals surface area contributed by atoms with Gasteiger partial charge in [-0.25, -0.2) is 9.79 Å². The first kappa shape index (κ1) is 6.48. The molecular formula is C5H4BrNO2. The van der Waals surface area contributed by atoms with Crippen molar-refractivity contribution in [1.82, 2.24) is 0 Å². The molecule has 1 heterocycles. The molecule has 4 heteroatoms. The summed E-state index contributed by atoms with van der Waals surface area (Å²) in [7, 11) is 0. The molecule has 0 spiro atoms. The van der Waals surface area contributed by atoms with Gasteiger partial charge in [-0.2, -0.15) is 0 Å². The van der Waals surface area contributed by atoms with Gasteiger partial charge in [0, 0.05) is 6.42 Å². The summed E-state index contributed by atoms with van der Waals surface area (Å²) in [6, 6.07) is 0. The molecule has 0 aromatic carbocycles. The molecule has 0 bridgehead atoms. The molecular weight excluding hydrogens is 186 g/mol. The van der Waals surface area contributed by atoms with Crippen LogP contribution in [0, 0.1) is 0 Å². The first-order valence-corrected chi connectivity index (χ1v) is 3.16. The molecule has 0 saturated heterocycles. The van der Waals surface area contributed by atoms with E-state index < -0.39 is 5.97 Å². The Kier molecular flexibility index (Phi) is 1.66. The van der Waals surface area contributed by atoms with Crippen molar-refractivity contribution in [2.75, 3.05) is 0 Å². The third kappa shape index (κ3) is 1.38. The maximum absolute atomic E-state index is 10.2. The summed E-state index contributed by atoms with van der Waals surface area (Å²) < 4.78 is 0.611.